The van der Waals surface area contributed by atoms with Crippen molar-refractivity contribution < 1.29 is 9.59 Å². The number of nitrogens with one attached hydrogen (secondary N) is 2. The van der Waals surface area contributed by atoms with Gasteiger partial charge in [0.05, 0.1) is 17.3 Å². The maximum atomic E-state index is 12.5. The Balaban J connectivity index is 1.71. The first kappa shape index (κ1) is 16.0. The summed E-state index contributed by atoms with van der Waals surface area (Å²) in [6, 6.07) is 9.31. The largest absolute Gasteiger partial charge is 0.342 e. The third-order valence-corrected chi connectivity index (χ3v) is 4.13. The van der Waals surface area contributed by atoms with Crippen LogP contribution in [-0.4, -0.2) is 39.6 Å². The first-order valence-electron chi connectivity index (χ1n) is 8.01. The molecule has 7 nitrogen and oxygen atoms in total. The number of nitrogens with zero attached hydrogens (tertiary/aromatic N) is 3. The van der Waals surface area contributed by atoms with E-state index in [1.807, 2.05) is 50.5 Å². The number of hydrogen-bond donors (Lipinski definition) is 2. The van der Waals surface area contributed by atoms with Gasteiger partial charge in [-0.15, -0.1) is 0 Å². The molecule has 3 rings (SSSR count). The second kappa shape index (κ2) is 6.74. The van der Waals surface area contributed by atoms with Crippen LogP contribution in [0.1, 0.15) is 13.3 Å². The topological polar surface area (TPSA) is 79.3 Å². The number of aryl methyl sites for hydroxylation is 1. The fourth-order valence-corrected chi connectivity index (χ4v) is 2.81. The number of anilines is 3. The zero-order chi connectivity index (χ0) is 17.1. The number of para-hydroxylation sites is 2. The van der Waals surface area contributed by atoms with Crippen LogP contribution in [0.15, 0.2) is 36.5 Å². The standard InChI is InChI=1S/C17H21N5O2/c1-3-22-11-12(10-16(22)23)17(24)19-14-7-5-4-6-13(14)18-15-8-9-21(2)20-15/h4-9,12H,3,10-11H2,1-2H3,(H,18,20)(H,19,24). The molecule has 0 saturated carbocycles. The fraction of sp³-hybridized carbons (Fsp3) is 0.353. The Morgan fingerprint density at radius 2 is 2.04 bits per heavy atom. The van der Waals surface area contributed by atoms with Gasteiger partial charge in [-0.2, -0.15) is 5.10 Å². The quantitative estimate of drug-likeness (QED) is 0.880. The summed E-state index contributed by atoms with van der Waals surface area (Å²) in [5.41, 5.74) is 1.44. The second-order valence-corrected chi connectivity index (χ2v) is 5.87. The minimum Gasteiger partial charge on any atom is -0.342 e. The van der Waals surface area contributed by atoms with Gasteiger partial charge in [0.1, 0.15) is 0 Å². The molecule has 1 atom stereocenters. The molecule has 2 aromatic rings. The zero-order valence-electron chi connectivity index (χ0n) is 13.8. The molecule has 24 heavy (non-hydrogen) atoms. The second-order valence-electron chi connectivity index (χ2n) is 5.87. The van der Waals surface area contributed by atoms with E-state index in [0.29, 0.717) is 24.6 Å². The van der Waals surface area contributed by atoms with E-state index in [1.165, 1.54) is 0 Å². The Morgan fingerprint density at radius 3 is 2.67 bits per heavy atom. The van der Waals surface area contributed by atoms with Gasteiger partial charge in [-0.25, -0.2) is 0 Å². The summed E-state index contributed by atoms with van der Waals surface area (Å²) < 4.78 is 1.70. The molecule has 1 aliphatic heterocycles. The van der Waals surface area contributed by atoms with Gasteiger partial charge in [-0.3, -0.25) is 14.3 Å². The summed E-state index contributed by atoms with van der Waals surface area (Å²) >= 11 is 0. The maximum Gasteiger partial charge on any atom is 0.229 e. The number of benzene rings is 1. The molecule has 1 fully saturated rings. The van der Waals surface area contributed by atoms with E-state index >= 15 is 0 Å². The van der Waals surface area contributed by atoms with Crippen LogP contribution in [0.4, 0.5) is 17.2 Å². The van der Waals surface area contributed by atoms with Crippen LogP contribution in [0.5, 0.6) is 0 Å². The third-order valence-electron chi connectivity index (χ3n) is 4.13. The highest BCUT2D eigenvalue weighted by Gasteiger charge is 2.33. The van der Waals surface area contributed by atoms with Gasteiger partial charge in [0.15, 0.2) is 5.82 Å². The van der Waals surface area contributed by atoms with Gasteiger partial charge < -0.3 is 15.5 Å². The van der Waals surface area contributed by atoms with Gasteiger partial charge in [0.2, 0.25) is 11.8 Å². The summed E-state index contributed by atoms with van der Waals surface area (Å²) in [6.07, 6.45) is 2.11. The van der Waals surface area contributed by atoms with Gasteiger partial charge in [0.25, 0.3) is 0 Å². The van der Waals surface area contributed by atoms with E-state index in [-0.39, 0.29) is 24.2 Å². The number of aromatic nitrogens is 2. The molecule has 0 bridgehead atoms. The van der Waals surface area contributed by atoms with E-state index in [0.717, 1.165) is 5.69 Å². The number of carbonyl (C=O) groups is 2. The minimum atomic E-state index is -0.305. The first-order valence-corrected chi connectivity index (χ1v) is 8.01. The molecule has 2 amide bonds. The first-order chi connectivity index (χ1) is 11.6. The van der Waals surface area contributed by atoms with Crippen molar-refractivity contribution in [1.82, 2.24) is 14.7 Å². The van der Waals surface area contributed by atoms with Crippen molar-refractivity contribution >= 4 is 29.0 Å². The van der Waals surface area contributed by atoms with Crippen molar-refractivity contribution in [2.24, 2.45) is 13.0 Å². The molecule has 1 unspecified atom stereocenters. The molecular weight excluding hydrogens is 306 g/mol. The van der Waals surface area contributed by atoms with Crippen LogP contribution in [0.25, 0.3) is 0 Å². The van der Waals surface area contributed by atoms with Gasteiger partial charge >= 0.3 is 0 Å². The predicted molar refractivity (Wildman–Crippen MR) is 91.9 cm³/mol. The molecule has 1 aromatic heterocycles. The predicted octanol–water partition coefficient (Wildman–Crippen LogP) is 1.97. The van der Waals surface area contributed by atoms with Crippen molar-refractivity contribution in [1.29, 1.82) is 0 Å². The number of rotatable bonds is 5. The molecule has 7 heteroatoms. The van der Waals surface area contributed by atoms with Crippen LogP contribution in [0.3, 0.4) is 0 Å². The average molecular weight is 327 g/mol. The monoisotopic (exact) mass is 327 g/mol. The van der Waals surface area contributed by atoms with E-state index in [9.17, 15) is 9.59 Å². The van der Waals surface area contributed by atoms with Crippen molar-refractivity contribution in [3.63, 3.8) is 0 Å². The molecule has 2 heterocycles. The number of hydrogen-bond acceptors (Lipinski definition) is 4. The van der Waals surface area contributed by atoms with Crippen molar-refractivity contribution in [3.8, 4) is 0 Å². The van der Waals surface area contributed by atoms with Gasteiger partial charge in [0, 0.05) is 38.8 Å². The van der Waals surface area contributed by atoms with Crippen LogP contribution in [-0.2, 0) is 16.6 Å². The van der Waals surface area contributed by atoms with E-state index in [2.05, 4.69) is 15.7 Å². The van der Waals surface area contributed by atoms with E-state index < -0.39 is 0 Å². The summed E-state index contributed by atoms with van der Waals surface area (Å²) in [4.78, 5) is 26.0. The summed E-state index contributed by atoms with van der Waals surface area (Å²) in [7, 11) is 1.84. The van der Waals surface area contributed by atoms with Crippen molar-refractivity contribution in [2.45, 2.75) is 13.3 Å². The molecule has 1 aromatic carbocycles. The Bertz CT molecular complexity index is 755. The molecule has 1 saturated heterocycles. The average Bonchev–Trinajstić information content (AvgIpc) is 3.14. The third kappa shape index (κ3) is 3.40. The zero-order valence-corrected chi connectivity index (χ0v) is 13.8. The molecule has 0 aliphatic carbocycles. The van der Waals surface area contributed by atoms with Crippen LogP contribution < -0.4 is 10.6 Å². The van der Waals surface area contributed by atoms with Crippen LogP contribution in [0.2, 0.25) is 0 Å². The Morgan fingerprint density at radius 1 is 1.29 bits per heavy atom. The van der Waals surface area contributed by atoms with E-state index in [4.69, 9.17) is 0 Å². The van der Waals surface area contributed by atoms with Crippen molar-refractivity contribution in [2.75, 3.05) is 23.7 Å². The highest BCUT2D eigenvalue weighted by atomic mass is 16.2. The lowest BCUT2D eigenvalue weighted by atomic mass is 10.1. The SMILES string of the molecule is CCN1CC(C(=O)Nc2ccccc2Nc2ccn(C)n2)CC1=O. The maximum absolute atomic E-state index is 12.5. The molecule has 126 valence electrons. The number of amides is 2. The normalized spacial score (nSPS) is 17.2. The Hall–Kier alpha value is -2.83. The highest BCUT2D eigenvalue weighted by molar-refractivity contribution is 5.99. The molecule has 2 N–H and O–H groups in total. The molecular formula is C17H21N5O2. The van der Waals surface area contributed by atoms with Crippen molar-refractivity contribution in [3.05, 3.63) is 36.5 Å². The summed E-state index contributed by atoms with van der Waals surface area (Å²) in [5.74, 6) is 0.305. The summed E-state index contributed by atoms with van der Waals surface area (Å²) in [6.45, 7) is 3.04. The minimum absolute atomic E-state index is 0.0394. The van der Waals surface area contributed by atoms with E-state index in [1.54, 1.807) is 9.58 Å². The number of likely N-dealkylation sites (tertiary alicyclic amines) is 1. The molecule has 1 aliphatic rings. The van der Waals surface area contributed by atoms with Gasteiger partial charge in [-0.1, -0.05) is 12.1 Å². The summed E-state index contributed by atoms with van der Waals surface area (Å²) in [5, 5.41) is 10.4. The highest BCUT2D eigenvalue weighted by Crippen LogP contribution is 2.26. The number of carbonyl (C=O) groups excluding carboxylic acids is 2. The lowest BCUT2D eigenvalue weighted by molar-refractivity contribution is -0.128. The molecule has 0 radical (unpaired) electrons. The smallest absolute Gasteiger partial charge is 0.229 e. The Kier molecular flexibility index (Phi) is 4.50. The van der Waals surface area contributed by atoms with Crippen LogP contribution in [0, 0.1) is 5.92 Å². The van der Waals surface area contributed by atoms with Crippen LogP contribution >= 0.6 is 0 Å². The fourth-order valence-electron chi connectivity index (χ4n) is 2.81. The Labute approximate surface area is 140 Å². The lowest BCUT2D eigenvalue weighted by Gasteiger charge is -2.15. The van der Waals surface area contributed by atoms with Gasteiger partial charge in [-0.05, 0) is 19.1 Å². The lowest BCUT2D eigenvalue weighted by Crippen LogP contribution is -2.28. The molecule has 0 spiro atoms.